The van der Waals surface area contributed by atoms with Crippen LogP contribution in [0.1, 0.15) is 39.7 Å². The van der Waals surface area contributed by atoms with Gasteiger partial charge in [0.2, 0.25) is 0 Å². The first-order chi connectivity index (χ1) is 17.5. The Bertz CT molecular complexity index is 1640. The molecule has 1 aliphatic rings. The molecule has 36 heavy (non-hydrogen) atoms. The fourth-order valence-electron chi connectivity index (χ4n) is 5.11. The van der Waals surface area contributed by atoms with Crippen molar-refractivity contribution in [3.8, 4) is 0 Å². The maximum absolute atomic E-state index is 13.6. The first-order valence-corrected chi connectivity index (χ1v) is 12.0. The van der Waals surface area contributed by atoms with E-state index < -0.39 is 6.04 Å². The number of H-pyrrole nitrogens is 1. The quantitative estimate of drug-likeness (QED) is 0.402. The summed E-state index contributed by atoms with van der Waals surface area (Å²) in [5.74, 6) is 0.264. The molecule has 6 rings (SSSR count). The predicted octanol–water partition coefficient (Wildman–Crippen LogP) is 4.47. The van der Waals surface area contributed by atoms with Gasteiger partial charge in [0.1, 0.15) is 11.9 Å². The standard InChI is InChI=1S/C28H25FN6O/c1-17-7-10-21-15-23(28(36)30-25(21)18(17)2)26(34-14-13-20-5-3-4-6-24(20)34)27-31-32-33-35(27)16-19-8-11-22(29)12-9-19/h3-12,15,26H,13-14,16H2,1-2H3,(H,30,36). The van der Waals surface area contributed by atoms with E-state index in [1.807, 2.05) is 38.1 Å². The SMILES string of the molecule is Cc1ccc2cc(C(c3nnnn3Cc3ccc(F)cc3)N3CCc4ccccc43)c(=O)[nH]c2c1C. The molecule has 1 unspecified atom stereocenters. The molecule has 3 heterocycles. The number of para-hydroxylation sites is 1. The minimum absolute atomic E-state index is 0.165. The van der Waals surface area contributed by atoms with Crippen molar-refractivity contribution in [3.05, 3.63) is 117 Å². The summed E-state index contributed by atoms with van der Waals surface area (Å²) in [6.45, 7) is 5.15. The number of benzene rings is 3. The third kappa shape index (κ3) is 3.75. The summed E-state index contributed by atoms with van der Waals surface area (Å²) in [5, 5.41) is 13.6. The Morgan fingerprint density at radius 2 is 1.86 bits per heavy atom. The zero-order valence-corrected chi connectivity index (χ0v) is 20.1. The highest BCUT2D eigenvalue weighted by molar-refractivity contribution is 5.83. The van der Waals surface area contributed by atoms with Gasteiger partial charge >= 0.3 is 0 Å². The van der Waals surface area contributed by atoms with E-state index in [9.17, 15) is 9.18 Å². The number of aromatic nitrogens is 5. The molecule has 0 radical (unpaired) electrons. The van der Waals surface area contributed by atoms with Gasteiger partial charge in [-0.1, -0.05) is 42.5 Å². The van der Waals surface area contributed by atoms with Crippen molar-refractivity contribution >= 4 is 16.6 Å². The number of fused-ring (bicyclic) bond motifs is 2. The van der Waals surface area contributed by atoms with Crippen molar-refractivity contribution in [2.45, 2.75) is 32.9 Å². The van der Waals surface area contributed by atoms with E-state index in [4.69, 9.17) is 0 Å². The number of aromatic amines is 1. The molecule has 7 nitrogen and oxygen atoms in total. The van der Waals surface area contributed by atoms with Crippen LogP contribution in [0.2, 0.25) is 0 Å². The fourth-order valence-corrected chi connectivity index (χ4v) is 5.11. The summed E-state index contributed by atoms with van der Waals surface area (Å²) in [6.07, 6.45) is 0.871. The molecule has 3 aromatic carbocycles. The number of anilines is 1. The highest BCUT2D eigenvalue weighted by atomic mass is 19.1. The van der Waals surface area contributed by atoms with Gasteiger partial charge in [-0.05, 0) is 82.6 Å². The molecule has 1 atom stereocenters. The Labute approximate surface area is 207 Å². The summed E-state index contributed by atoms with van der Waals surface area (Å²) in [6, 6.07) is 20.1. The Balaban J connectivity index is 1.53. The molecular formula is C28H25FN6O. The third-order valence-corrected chi connectivity index (χ3v) is 7.16. The second kappa shape index (κ2) is 8.71. The van der Waals surface area contributed by atoms with E-state index in [0.717, 1.165) is 46.2 Å². The number of aryl methyl sites for hydroxylation is 2. The van der Waals surface area contributed by atoms with E-state index in [1.165, 1.54) is 17.7 Å². The molecule has 0 saturated carbocycles. The average molecular weight is 481 g/mol. The van der Waals surface area contributed by atoms with E-state index in [1.54, 1.807) is 16.8 Å². The van der Waals surface area contributed by atoms with Gasteiger partial charge in [-0.25, -0.2) is 9.07 Å². The van der Waals surface area contributed by atoms with Crippen molar-refractivity contribution in [3.63, 3.8) is 0 Å². The maximum atomic E-state index is 13.6. The summed E-state index contributed by atoms with van der Waals surface area (Å²) in [7, 11) is 0. The lowest BCUT2D eigenvalue weighted by Crippen LogP contribution is -2.34. The van der Waals surface area contributed by atoms with Crippen molar-refractivity contribution in [2.75, 3.05) is 11.4 Å². The number of nitrogens with zero attached hydrogens (tertiary/aromatic N) is 5. The molecule has 0 saturated heterocycles. The van der Waals surface area contributed by atoms with Crippen LogP contribution >= 0.6 is 0 Å². The Hall–Kier alpha value is -4.33. The molecular weight excluding hydrogens is 455 g/mol. The number of hydrogen-bond acceptors (Lipinski definition) is 5. The van der Waals surface area contributed by atoms with Crippen LogP contribution in [0.3, 0.4) is 0 Å². The second-order valence-electron chi connectivity index (χ2n) is 9.32. The van der Waals surface area contributed by atoms with Crippen LogP contribution in [0.4, 0.5) is 10.1 Å². The topological polar surface area (TPSA) is 79.7 Å². The van der Waals surface area contributed by atoms with E-state index in [0.29, 0.717) is 17.9 Å². The number of pyridine rings is 1. The normalized spacial score (nSPS) is 13.8. The van der Waals surface area contributed by atoms with Gasteiger partial charge in [-0.15, -0.1) is 5.10 Å². The van der Waals surface area contributed by atoms with Crippen LogP contribution in [-0.4, -0.2) is 31.7 Å². The molecule has 0 fully saturated rings. The summed E-state index contributed by atoms with van der Waals surface area (Å²) in [4.78, 5) is 18.9. The van der Waals surface area contributed by atoms with Crippen LogP contribution in [0.15, 0.2) is 71.5 Å². The lowest BCUT2D eigenvalue weighted by Gasteiger charge is -2.29. The number of rotatable bonds is 5. The fraction of sp³-hybridized carbons (Fsp3) is 0.214. The molecule has 0 amide bonds. The Kier molecular flexibility index (Phi) is 5.36. The smallest absolute Gasteiger partial charge is 0.254 e. The zero-order valence-electron chi connectivity index (χ0n) is 20.1. The van der Waals surface area contributed by atoms with Gasteiger partial charge in [0, 0.05) is 17.8 Å². The molecule has 0 spiro atoms. The Morgan fingerprint density at radius 1 is 1.06 bits per heavy atom. The van der Waals surface area contributed by atoms with Crippen LogP contribution in [0.5, 0.6) is 0 Å². The second-order valence-corrected chi connectivity index (χ2v) is 9.32. The molecule has 2 aromatic heterocycles. The molecule has 5 aromatic rings. The number of tetrazole rings is 1. The molecule has 1 N–H and O–H groups in total. The van der Waals surface area contributed by atoms with Gasteiger partial charge < -0.3 is 9.88 Å². The van der Waals surface area contributed by atoms with Crippen molar-refractivity contribution < 1.29 is 4.39 Å². The van der Waals surface area contributed by atoms with Gasteiger partial charge in [0.15, 0.2) is 5.82 Å². The minimum Gasteiger partial charge on any atom is -0.357 e. The number of hydrogen-bond donors (Lipinski definition) is 1. The minimum atomic E-state index is -0.501. The third-order valence-electron chi connectivity index (χ3n) is 7.16. The zero-order chi connectivity index (χ0) is 24.8. The van der Waals surface area contributed by atoms with E-state index in [-0.39, 0.29) is 11.4 Å². The van der Waals surface area contributed by atoms with Crippen LogP contribution in [-0.2, 0) is 13.0 Å². The number of nitrogens with one attached hydrogen (secondary N) is 1. The largest absolute Gasteiger partial charge is 0.357 e. The summed E-state index contributed by atoms with van der Waals surface area (Å²) >= 11 is 0. The highest BCUT2D eigenvalue weighted by Crippen LogP contribution is 2.37. The Morgan fingerprint density at radius 3 is 2.69 bits per heavy atom. The lowest BCUT2D eigenvalue weighted by molar-refractivity contribution is 0.576. The van der Waals surface area contributed by atoms with Gasteiger partial charge in [0.25, 0.3) is 5.56 Å². The first-order valence-electron chi connectivity index (χ1n) is 12.0. The highest BCUT2D eigenvalue weighted by Gasteiger charge is 2.34. The molecule has 0 aliphatic carbocycles. The van der Waals surface area contributed by atoms with E-state index >= 15 is 0 Å². The molecule has 180 valence electrons. The molecule has 8 heteroatoms. The average Bonchev–Trinajstić information content (AvgIpc) is 3.52. The van der Waals surface area contributed by atoms with Crippen LogP contribution in [0, 0.1) is 19.7 Å². The lowest BCUT2D eigenvalue weighted by atomic mass is 10.00. The van der Waals surface area contributed by atoms with Crippen LogP contribution in [0.25, 0.3) is 10.9 Å². The van der Waals surface area contributed by atoms with Crippen molar-refractivity contribution in [2.24, 2.45) is 0 Å². The summed E-state index contributed by atoms with van der Waals surface area (Å²) < 4.78 is 15.2. The number of halogens is 1. The van der Waals surface area contributed by atoms with E-state index in [2.05, 4.69) is 43.6 Å². The molecule has 0 bridgehead atoms. The summed E-state index contributed by atoms with van der Waals surface area (Å²) in [5.41, 5.74) is 6.60. The first kappa shape index (κ1) is 22.2. The monoisotopic (exact) mass is 480 g/mol. The predicted molar refractivity (Wildman–Crippen MR) is 137 cm³/mol. The van der Waals surface area contributed by atoms with Crippen molar-refractivity contribution in [1.29, 1.82) is 0 Å². The van der Waals surface area contributed by atoms with Gasteiger partial charge in [-0.2, -0.15) is 0 Å². The molecule has 1 aliphatic heterocycles. The van der Waals surface area contributed by atoms with Gasteiger partial charge in [0.05, 0.1) is 12.1 Å². The maximum Gasteiger partial charge on any atom is 0.254 e. The van der Waals surface area contributed by atoms with Crippen LogP contribution < -0.4 is 10.5 Å². The van der Waals surface area contributed by atoms with Gasteiger partial charge in [-0.3, -0.25) is 4.79 Å². The van der Waals surface area contributed by atoms with Crippen molar-refractivity contribution in [1.82, 2.24) is 25.2 Å².